The van der Waals surface area contributed by atoms with Crippen LogP contribution < -0.4 is 5.32 Å². The van der Waals surface area contributed by atoms with Gasteiger partial charge in [0.2, 0.25) is 0 Å². The second-order valence-electron chi connectivity index (χ2n) is 5.01. The molecule has 3 aromatic heterocycles. The van der Waals surface area contributed by atoms with Crippen LogP contribution in [0.25, 0.3) is 20.8 Å². The van der Waals surface area contributed by atoms with Gasteiger partial charge in [-0.3, -0.25) is 9.89 Å². The lowest BCUT2D eigenvalue weighted by atomic mass is 10.2. The van der Waals surface area contributed by atoms with Crippen LogP contribution in [0, 0.1) is 6.92 Å². The Bertz CT molecular complexity index is 985. The second kappa shape index (κ2) is 5.60. The molecule has 0 atom stereocenters. The summed E-state index contributed by atoms with van der Waals surface area (Å²) in [4.78, 5) is 17.8. The lowest BCUT2D eigenvalue weighted by Gasteiger charge is -2.02. The van der Waals surface area contributed by atoms with Gasteiger partial charge in [-0.25, -0.2) is 4.98 Å². The summed E-state index contributed by atoms with van der Waals surface area (Å²) in [5, 5.41) is 12.9. The Morgan fingerprint density at radius 3 is 3.00 bits per heavy atom. The maximum atomic E-state index is 12.3. The lowest BCUT2D eigenvalue weighted by Crippen LogP contribution is -2.12. The molecule has 3 heterocycles. The first-order valence-corrected chi connectivity index (χ1v) is 8.66. The first-order chi connectivity index (χ1) is 11.2. The van der Waals surface area contributed by atoms with E-state index in [1.54, 1.807) is 28.7 Å². The number of hydrogen-bond acceptors (Lipinski definition) is 5. The van der Waals surface area contributed by atoms with Gasteiger partial charge in [0, 0.05) is 5.69 Å². The third-order valence-corrected chi connectivity index (χ3v) is 5.19. The van der Waals surface area contributed by atoms with Crippen molar-refractivity contribution < 1.29 is 4.79 Å². The topological polar surface area (TPSA) is 70.7 Å². The molecule has 23 heavy (non-hydrogen) atoms. The van der Waals surface area contributed by atoms with Gasteiger partial charge in [-0.2, -0.15) is 5.10 Å². The molecule has 4 rings (SSSR count). The van der Waals surface area contributed by atoms with Crippen LogP contribution in [0.5, 0.6) is 0 Å². The van der Waals surface area contributed by atoms with Gasteiger partial charge in [-0.05, 0) is 42.6 Å². The highest BCUT2D eigenvalue weighted by Crippen LogP contribution is 2.26. The number of amides is 1. The molecule has 0 saturated carbocycles. The predicted octanol–water partition coefficient (Wildman–Crippen LogP) is 4.31. The van der Waals surface area contributed by atoms with Crippen molar-refractivity contribution in [3.8, 4) is 10.6 Å². The largest absolute Gasteiger partial charge is 0.321 e. The van der Waals surface area contributed by atoms with E-state index in [1.807, 2.05) is 42.6 Å². The maximum absolute atomic E-state index is 12.3. The minimum absolute atomic E-state index is 0.232. The Labute approximate surface area is 140 Å². The quantitative estimate of drug-likeness (QED) is 0.584. The van der Waals surface area contributed by atoms with Gasteiger partial charge in [0.05, 0.1) is 25.8 Å². The number of aromatic amines is 1. The summed E-state index contributed by atoms with van der Waals surface area (Å²) in [7, 11) is 0. The fourth-order valence-corrected chi connectivity index (χ4v) is 3.87. The Morgan fingerprint density at radius 2 is 2.17 bits per heavy atom. The van der Waals surface area contributed by atoms with Crippen molar-refractivity contribution in [2.24, 2.45) is 0 Å². The summed E-state index contributed by atoms with van der Waals surface area (Å²) in [6.45, 7) is 1.97. The number of thiophene rings is 1. The summed E-state index contributed by atoms with van der Waals surface area (Å²) >= 11 is 3.21. The third kappa shape index (κ3) is 2.76. The molecule has 0 unspecified atom stereocenters. The third-order valence-electron chi connectivity index (χ3n) is 3.35. The molecule has 1 aromatic carbocycles. The standard InChI is InChI=1S/C16H12N4OS2/c1-9-17-11-5-4-10(7-15(11)23-9)18-16(21)13-8-12(19-20-13)14-3-2-6-22-14/h2-8H,1H3,(H,18,21)(H,19,20). The molecule has 0 fully saturated rings. The fraction of sp³-hybridized carbons (Fsp3) is 0.0625. The Balaban J connectivity index is 1.56. The van der Waals surface area contributed by atoms with Crippen LogP contribution in [-0.2, 0) is 0 Å². The number of nitrogens with zero attached hydrogens (tertiary/aromatic N) is 2. The highest BCUT2D eigenvalue weighted by Gasteiger charge is 2.13. The second-order valence-corrected chi connectivity index (χ2v) is 7.20. The van der Waals surface area contributed by atoms with Gasteiger partial charge in [-0.15, -0.1) is 22.7 Å². The molecule has 0 saturated heterocycles. The van der Waals surface area contributed by atoms with Crippen molar-refractivity contribution in [2.45, 2.75) is 6.92 Å². The molecule has 0 spiro atoms. The normalized spacial score (nSPS) is 11.0. The number of nitrogens with one attached hydrogen (secondary N) is 2. The molecule has 2 N–H and O–H groups in total. The number of benzene rings is 1. The molecule has 5 nitrogen and oxygen atoms in total. The Morgan fingerprint density at radius 1 is 1.26 bits per heavy atom. The number of thiazole rings is 1. The van der Waals surface area contributed by atoms with E-state index < -0.39 is 0 Å². The van der Waals surface area contributed by atoms with Crippen LogP contribution in [0.1, 0.15) is 15.5 Å². The van der Waals surface area contributed by atoms with E-state index in [4.69, 9.17) is 0 Å². The fourth-order valence-electron chi connectivity index (χ4n) is 2.31. The van der Waals surface area contributed by atoms with Crippen molar-refractivity contribution in [1.29, 1.82) is 0 Å². The number of hydrogen-bond donors (Lipinski definition) is 2. The molecule has 4 aromatic rings. The highest BCUT2D eigenvalue weighted by atomic mass is 32.1. The van der Waals surface area contributed by atoms with Crippen LogP contribution in [0.3, 0.4) is 0 Å². The molecule has 0 radical (unpaired) electrons. The van der Waals surface area contributed by atoms with Gasteiger partial charge in [0.1, 0.15) is 0 Å². The molecule has 1 amide bonds. The first-order valence-electron chi connectivity index (χ1n) is 6.97. The Hall–Kier alpha value is -2.51. The van der Waals surface area contributed by atoms with E-state index in [1.165, 1.54) is 0 Å². The van der Waals surface area contributed by atoms with Crippen molar-refractivity contribution in [3.63, 3.8) is 0 Å². The van der Waals surface area contributed by atoms with Gasteiger partial charge >= 0.3 is 0 Å². The van der Waals surface area contributed by atoms with Gasteiger partial charge in [-0.1, -0.05) is 6.07 Å². The number of anilines is 1. The van der Waals surface area contributed by atoms with Crippen LogP contribution in [0.2, 0.25) is 0 Å². The molecule has 0 aliphatic rings. The summed E-state index contributed by atoms with van der Waals surface area (Å²) in [6, 6.07) is 11.4. The Kier molecular flexibility index (Phi) is 3.44. The predicted molar refractivity (Wildman–Crippen MR) is 94.2 cm³/mol. The number of rotatable bonds is 3. The summed E-state index contributed by atoms with van der Waals surface area (Å²) in [6.07, 6.45) is 0. The monoisotopic (exact) mass is 340 g/mol. The van der Waals surface area contributed by atoms with E-state index in [2.05, 4.69) is 20.5 Å². The van der Waals surface area contributed by atoms with Gasteiger partial charge in [0.25, 0.3) is 5.91 Å². The molecule has 0 aliphatic heterocycles. The minimum atomic E-state index is -0.232. The molecule has 0 bridgehead atoms. The molecule has 7 heteroatoms. The number of carbonyl (C=O) groups excluding carboxylic acids is 1. The van der Waals surface area contributed by atoms with E-state index in [0.29, 0.717) is 5.69 Å². The van der Waals surface area contributed by atoms with Crippen molar-refractivity contribution in [2.75, 3.05) is 5.32 Å². The number of aryl methyl sites for hydroxylation is 1. The van der Waals surface area contributed by atoms with Crippen LogP contribution in [-0.4, -0.2) is 21.1 Å². The minimum Gasteiger partial charge on any atom is -0.321 e. The zero-order valence-electron chi connectivity index (χ0n) is 12.2. The van der Waals surface area contributed by atoms with Crippen LogP contribution in [0.4, 0.5) is 5.69 Å². The van der Waals surface area contributed by atoms with E-state index in [9.17, 15) is 4.79 Å². The van der Waals surface area contributed by atoms with Gasteiger partial charge < -0.3 is 5.32 Å². The highest BCUT2D eigenvalue weighted by molar-refractivity contribution is 7.18. The number of fused-ring (bicyclic) bond motifs is 1. The van der Waals surface area contributed by atoms with E-state index >= 15 is 0 Å². The SMILES string of the molecule is Cc1nc2ccc(NC(=O)c3cc(-c4cccs4)[nH]n3)cc2s1. The smallest absolute Gasteiger partial charge is 0.276 e. The number of H-pyrrole nitrogens is 1. The number of carbonyl (C=O) groups is 1. The van der Waals surface area contributed by atoms with Gasteiger partial charge in [0.15, 0.2) is 5.69 Å². The molecular weight excluding hydrogens is 328 g/mol. The maximum Gasteiger partial charge on any atom is 0.276 e. The first kappa shape index (κ1) is 14.1. The van der Waals surface area contributed by atoms with E-state index in [0.717, 1.165) is 31.5 Å². The molecule has 114 valence electrons. The van der Waals surface area contributed by atoms with Crippen LogP contribution in [0.15, 0.2) is 41.8 Å². The average Bonchev–Trinajstić information content (AvgIpc) is 3.26. The average molecular weight is 340 g/mol. The van der Waals surface area contributed by atoms with Crippen LogP contribution >= 0.6 is 22.7 Å². The molecule has 0 aliphatic carbocycles. The summed E-state index contributed by atoms with van der Waals surface area (Å²) in [5.74, 6) is -0.232. The molecular formula is C16H12N4OS2. The van der Waals surface area contributed by atoms with E-state index in [-0.39, 0.29) is 5.91 Å². The lowest BCUT2D eigenvalue weighted by molar-refractivity contribution is 0.102. The van der Waals surface area contributed by atoms with Crippen molar-refractivity contribution >= 4 is 44.5 Å². The number of aromatic nitrogens is 3. The van der Waals surface area contributed by atoms with Crippen molar-refractivity contribution in [1.82, 2.24) is 15.2 Å². The zero-order chi connectivity index (χ0) is 15.8. The zero-order valence-corrected chi connectivity index (χ0v) is 13.8. The summed E-state index contributed by atoms with van der Waals surface area (Å²) in [5.41, 5.74) is 2.91. The van der Waals surface area contributed by atoms with Crippen molar-refractivity contribution in [3.05, 3.63) is 52.5 Å². The summed E-state index contributed by atoms with van der Waals surface area (Å²) < 4.78 is 1.06.